The maximum Gasteiger partial charge on any atom is 0.251 e. The van der Waals surface area contributed by atoms with Crippen LogP contribution in [-0.2, 0) is 11.8 Å². The Bertz CT molecular complexity index is 852. The van der Waals surface area contributed by atoms with E-state index in [1.807, 2.05) is 25.6 Å². The molecule has 3 heterocycles. The van der Waals surface area contributed by atoms with Crippen molar-refractivity contribution in [1.29, 1.82) is 0 Å². The van der Waals surface area contributed by atoms with E-state index >= 15 is 0 Å². The van der Waals surface area contributed by atoms with Crippen LogP contribution in [0.2, 0.25) is 0 Å². The molecule has 3 rings (SSSR count). The van der Waals surface area contributed by atoms with Gasteiger partial charge in [-0.2, -0.15) is 5.10 Å². The van der Waals surface area contributed by atoms with Crippen molar-refractivity contribution in [3.05, 3.63) is 50.7 Å². The van der Waals surface area contributed by atoms with Crippen molar-refractivity contribution in [2.45, 2.75) is 33.3 Å². The summed E-state index contributed by atoms with van der Waals surface area (Å²) < 4.78 is 7.81. The highest BCUT2D eigenvalue weighted by Gasteiger charge is 2.33. The highest BCUT2D eigenvalue weighted by Crippen LogP contribution is 2.37. The highest BCUT2D eigenvalue weighted by atomic mass is 16.5. The molecule has 7 heteroatoms. The van der Waals surface area contributed by atoms with Crippen molar-refractivity contribution in [3.63, 3.8) is 0 Å². The third-order valence-electron chi connectivity index (χ3n) is 4.83. The number of carbonyl (C=O) groups excluding carboxylic acids is 1. The zero-order valence-corrected chi connectivity index (χ0v) is 15.0. The molecule has 134 valence electrons. The van der Waals surface area contributed by atoms with Crippen LogP contribution in [0.1, 0.15) is 45.5 Å². The Balaban J connectivity index is 1.72. The number of pyridine rings is 1. The first-order chi connectivity index (χ1) is 11.9. The van der Waals surface area contributed by atoms with E-state index in [-0.39, 0.29) is 23.5 Å². The number of aromatic nitrogens is 3. The average molecular weight is 344 g/mol. The Morgan fingerprint density at radius 3 is 2.80 bits per heavy atom. The first kappa shape index (κ1) is 17.4. The lowest BCUT2D eigenvalue weighted by molar-refractivity contribution is 0.0840. The molecular formula is C18H24N4O3. The van der Waals surface area contributed by atoms with Crippen LogP contribution in [0.3, 0.4) is 0 Å². The van der Waals surface area contributed by atoms with Crippen LogP contribution in [0.5, 0.6) is 0 Å². The molecule has 1 saturated heterocycles. The molecule has 0 saturated carbocycles. The first-order valence-corrected chi connectivity index (χ1v) is 8.47. The smallest absolute Gasteiger partial charge is 0.251 e. The number of carbonyl (C=O) groups is 1. The quantitative estimate of drug-likeness (QED) is 0.880. The molecule has 2 aromatic rings. The van der Waals surface area contributed by atoms with E-state index < -0.39 is 0 Å². The van der Waals surface area contributed by atoms with E-state index in [1.165, 1.54) is 6.07 Å². The van der Waals surface area contributed by atoms with E-state index in [0.29, 0.717) is 24.4 Å². The lowest BCUT2D eigenvalue weighted by atomic mass is 9.94. The minimum atomic E-state index is -0.270. The summed E-state index contributed by atoms with van der Waals surface area (Å²) in [5, 5.41) is 7.40. The van der Waals surface area contributed by atoms with Gasteiger partial charge in [-0.25, -0.2) is 0 Å². The minimum absolute atomic E-state index is 0.0603. The lowest BCUT2D eigenvalue weighted by Gasteiger charge is -2.20. The third-order valence-corrected chi connectivity index (χ3v) is 4.83. The van der Waals surface area contributed by atoms with Crippen molar-refractivity contribution in [2.24, 2.45) is 13.0 Å². The van der Waals surface area contributed by atoms with Gasteiger partial charge in [0, 0.05) is 54.7 Å². The molecule has 1 fully saturated rings. The van der Waals surface area contributed by atoms with Crippen molar-refractivity contribution in [2.75, 3.05) is 13.2 Å². The Morgan fingerprint density at radius 2 is 2.16 bits per heavy atom. The van der Waals surface area contributed by atoms with Crippen LogP contribution in [0.4, 0.5) is 0 Å². The maximum atomic E-state index is 12.4. The van der Waals surface area contributed by atoms with Gasteiger partial charge in [-0.3, -0.25) is 14.3 Å². The van der Waals surface area contributed by atoms with Crippen molar-refractivity contribution < 1.29 is 9.53 Å². The average Bonchev–Trinajstić information content (AvgIpc) is 3.08. The van der Waals surface area contributed by atoms with E-state index in [0.717, 1.165) is 23.4 Å². The van der Waals surface area contributed by atoms with Gasteiger partial charge in [-0.1, -0.05) is 0 Å². The summed E-state index contributed by atoms with van der Waals surface area (Å²) in [7, 11) is 1.92. The summed E-state index contributed by atoms with van der Waals surface area (Å²) in [6, 6.07) is 3.00. The molecule has 2 aromatic heterocycles. The summed E-state index contributed by atoms with van der Waals surface area (Å²) in [5.74, 6) is -0.0480. The van der Waals surface area contributed by atoms with Gasteiger partial charge >= 0.3 is 0 Å². The standard InChI is InChI=1S/C18H24N4O3/c1-10-7-14(8-15(23)20-10)18(24)19-9-13-5-6-25-17(13)16-11(2)21-22(4)12(16)3/h7-8,13,17H,5-6,9H2,1-4H3,(H,19,24)(H,20,23)/t13-,17+/m1/s1. The molecule has 0 bridgehead atoms. The molecule has 1 aliphatic rings. The van der Waals surface area contributed by atoms with Gasteiger partial charge < -0.3 is 15.0 Å². The van der Waals surface area contributed by atoms with Crippen LogP contribution in [0, 0.1) is 26.7 Å². The van der Waals surface area contributed by atoms with E-state index in [1.54, 1.807) is 13.0 Å². The zero-order chi connectivity index (χ0) is 18.1. The highest BCUT2D eigenvalue weighted by molar-refractivity contribution is 5.94. The normalized spacial score (nSPS) is 20.0. The van der Waals surface area contributed by atoms with Crippen molar-refractivity contribution >= 4 is 5.91 Å². The Kier molecular flexibility index (Phi) is 4.76. The molecule has 2 atom stereocenters. The number of H-pyrrole nitrogens is 1. The monoisotopic (exact) mass is 344 g/mol. The molecule has 7 nitrogen and oxygen atoms in total. The second kappa shape index (κ2) is 6.84. The van der Waals surface area contributed by atoms with Crippen LogP contribution in [-0.4, -0.2) is 33.8 Å². The predicted octanol–water partition coefficient (Wildman–Crippen LogP) is 1.54. The summed E-state index contributed by atoms with van der Waals surface area (Å²) in [5.41, 5.74) is 3.95. The maximum absolute atomic E-state index is 12.4. The van der Waals surface area contributed by atoms with Crippen LogP contribution >= 0.6 is 0 Å². The molecule has 0 aromatic carbocycles. The van der Waals surface area contributed by atoms with Gasteiger partial charge in [0.15, 0.2) is 0 Å². The largest absolute Gasteiger partial charge is 0.373 e. The Hall–Kier alpha value is -2.41. The van der Waals surface area contributed by atoms with Crippen molar-refractivity contribution in [1.82, 2.24) is 20.1 Å². The summed E-state index contributed by atoms with van der Waals surface area (Å²) in [4.78, 5) is 26.5. The molecule has 2 N–H and O–H groups in total. The number of amides is 1. The minimum Gasteiger partial charge on any atom is -0.373 e. The zero-order valence-electron chi connectivity index (χ0n) is 15.0. The number of aromatic amines is 1. The fourth-order valence-corrected chi connectivity index (χ4v) is 3.50. The van der Waals surface area contributed by atoms with Crippen molar-refractivity contribution in [3.8, 4) is 0 Å². The number of rotatable bonds is 4. The number of aryl methyl sites for hydroxylation is 3. The van der Waals surface area contributed by atoms with E-state index in [9.17, 15) is 9.59 Å². The summed E-state index contributed by atoms with van der Waals surface area (Å²) in [6.45, 7) is 6.95. The second-order valence-electron chi connectivity index (χ2n) is 6.67. The SMILES string of the molecule is Cc1cc(C(=O)NC[C@H]2CCO[C@@H]2c2c(C)nn(C)c2C)cc(=O)[nH]1. The first-order valence-electron chi connectivity index (χ1n) is 8.47. The molecule has 0 spiro atoms. The second-order valence-corrected chi connectivity index (χ2v) is 6.67. The number of nitrogens with zero attached hydrogens (tertiary/aromatic N) is 2. The number of ether oxygens (including phenoxy) is 1. The lowest BCUT2D eigenvalue weighted by Crippen LogP contribution is -2.31. The van der Waals surface area contributed by atoms with Gasteiger partial charge in [-0.05, 0) is 33.3 Å². The summed E-state index contributed by atoms with van der Waals surface area (Å²) in [6.07, 6.45) is 0.822. The molecule has 0 radical (unpaired) electrons. The molecule has 1 aliphatic heterocycles. The van der Waals surface area contributed by atoms with Gasteiger partial charge in [0.05, 0.1) is 11.8 Å². The fraction of sp³-hybridized carbons (Fsp3) is 0.500. The van der Waals surface area contributed by atoms with Gasteiger partial charge in [-0.15, -0.1) is 0 Å². The topological polar surface area (TPSA) is 89.0 Å². The molecular weight excluding hydrogens is 320 g/mol. The Morgan fingerprint density at radius 1 is 1.40 bits per heavy atom. The van der Waals surface area contributed by atoms with E-state index in [2.05, 4.69) is 15.4 Å². The van der Waals surface area contributed by atoms with Gasteiger partial charge in [0.1, 0.15) is 0 Å². The molecule has 0 aliphatic carbocycles. The number of hydrogen-bond donors (Lipinski definition) is 2. The van der Waals surface area contributed by atoms with Crippen LogP contribution in [0.15, 0.2) is 16.9 Å². The Labute approximate surface area is 146 Å². The third kappa shape index (κ3) is 3.51. The van der Waals surface area contributed by atoms with Gasteiger partial charge in [0.2, 0.25) is 5.56 Å². The van der Waals surface area contributed by atoms with Crippen LogP contribution < -0.4 is 10.9 Å². The number of nitrogens with one attached hydrogen (secondary N) is 2. The van der Waals surface area contributed by atoms with Crippen LogP contribution in [0.25, 0.3) is 0 Å². The fourth-order valence-electron chi connectivity index (χ4n) is 3.50. The summed E-state index contributed by atoms with van der Waals surface area (Å²) >= 11 is 0. The molecule has 1 amide bonds. The van der Waals surface area contributed by atoms with E-state index in [4.69, 9.17) is 4.74 Å². The number of hydrogen-bond acceptors (Lipinski definition) is 4. The predicted molar refractivity (Wildman–Crippen MR) is 93.6 cm³/mol. The molecule has 0 unspecified atom stereocenters. The van der Waals surface area contributed by atoms with Gasteiger partial charge in [0.25, 0.3) is 5.91 Å². The molecule has 25 heavy (non-hydrogen) atoms.